The molecule has 2 nitrogen and oxygen atoms in total. The fourth-order valence-corrected chi connectivity index (χ4v) is 2.98. The van der Waals surface area contributed by atoms with Crippen LogP contribution in [0.15, 0.2) is 24.3 Å². The van der Waals surface area contributed by atoms with Crippen LogP contribution in [0.25, 0.3) is 0 Å². The van der Waals surface area contributed by atoms with E-state index in [0.717, 1.165) is 12.5 Å². The highest BCUT2D eigenvalue weighted by Gasteiger charge is 2.18. The third-order valence-electron chi connectivity index (χ3n) is 3.97. The van der Waals surface area contributed by atoms with Crippen molar-refractivity contribution in [2.45, 2.75) is 46.2 Å². The van der Waals surface area contributed by atoms with Crippen LogP contribution in [0.4, 0.5) is 0 Å². The second kappa shape index (κ2) is 7.06. The molecular weight excluding hydrogens is 232 g/mol. The lowest BCUT2D eigenvalue weighted by Crippen LogP contribution is -2.38. The maximum absolute atomic E-state index is 3.70. The number of hydrogen-bond acceptors (Lipinski definition) is 2. The normalized spacial score (nSPS) is 21.6. The van der Waals surface area contributed by atoms with E-state index in [1.165, 1.54) is 43.6 Å². The molecule has 0 radical (unpaired) electrons. The van der Waals surface area contributed by atoms with Crippen LogP contribution in [-0.2, 0) is 6.54 Å². The lowest BCUT2D eigenvalue weighted by atomic mass is 10.0. The maximum atomic E-state index is 3.70. The van der Waals surface area contributed by atoms with Crippen LogP contribution >= 0.6 is 0 Å². The number of hydrogen-bond donors (Lipinski definition) is 1. The van der Waals surface area contributed by atoms with Crippen LogP contribution in [0.5, 0.6) is 0 Å². The van der Waals surface area contributed by atoms with Gasteiger partial charge in [-0.15, -0.1) is 0 Å². The number of rotatable bonds is 4. The van der Waals surface area contributed by atoms with E-state index in [1.54, 1.807) is 0 Å². The van der Waals surface area contributed by atoms with Crippen molar-refractivity contribution in [3.8, 4) is 0 Å². The fourth-order valence-electron chi connectivity index (χ4n) is 2.98. The zero-order valence-corrected chi connectivity index (χ0v) is 12.7. The fraction of sp³-hybridized carbons (Fsp3) is 0.647. The van der Waals surface area contributed by atoms with Gasteiger partial charge >= 0.3 is 0 Å². The molecule has 0 amide bonds. The van der Waals surface area contributed by atoms with E-state index in [-0.39, 0.29) is 0 Å². The van der Waals surface area contributed by atoms with Gasteiger partial charge in [0, 0.05) is 19.1 Å². The lowest BCUT2D eigenvalue weighted by molar-refractivity contribution is 0.247. The Morgan fingerprint density at radius 2 is 2.11 bits per heavy atom. The van der Waals surface area contributed by atoms with Gasteiger partial charge in [0.15, 0.2) is 0 Å². The third-order valence-corrected chi connectivity index (χ3v) is 3.97. The smallest absolute Gasteiger partial charge is 0.0237 e. The van der Waals surface area contributed by atoms with E-state index in [0.29, 0.717) is 6.04 Å². The topological polar surface area (TPSA) is 15.3 Å². The SMILES string of the molecule is Cc1ccccc1CN1CCCNC(CC(C)C)C1. The summed E-state index contributed by atoms with van der Waals surface area (Å²) in [6, 6.07) is 9.43. The van der Waals surface area contributed by atoms with Gasteiger partial charge in [0.05, 0.1) is 0 Å². The molecular formula is C17H28N2. The maximum Gasteiger partial charge on any atom is 0.0237 e. The van der Waals surface area contributed by atoms with E-state index < -0.39 is 0 Å². The van der Waals surface area contributed by atoms with E-state index >= 15 is 0 Å². The van der Waals surface area contributed by atoms with Crippen molar-refractivity contribution >= 4 is 0 Å². The summed E-state index contributed by atoms with van der Waals surface area (Å²) in [5.74, 6) is 0.774. The first kappa shape index (κ1) is 14.5. The van der Waals surface area contributed by atoms with Crippen molar-refractivity contribution in [2.24, 2.45) is 5.92 Å². The predicted molar refractivity (Wildman–Crippen MR) is 82.3 cm³/mol. The molecule has 1 heterocycles. The zero-order chi connectivity index (χ0) is 13.7. The summed E-state index contributed by atoms with van der Waals surface area (Å²) in [5.41, 5.74) is 2.90. The first-order chi connectivity index (χ1) is 9.15. The van der Waals surface area contributed by atoms with Crippen molar-refractivity contribution in [1.82, 2.24) is 10.2 Å². The summed E-state index contributed by atoms with van der Waals surface area (Å²) >= 11 is 0. The summed E-state index contributed by atoms with van der Waals surface area (Å²) in [7, 11) is 0. The number of aryl methyl sites for hydroxylation is 1. The Labute approximate surface area is 118 Å². The van der Waals surface area contributed by atoms with Gasteiger partial charge < -0.3 is 5.32 Å². The van der Waals surface area contributed by atoms with Gasteiger partial charge in [0.25, 0.3) is 0 Å². The summed E-state index contributed by atoms with van der Waals surface area (Å²) < 4.78 is 0. The van der Waals surface area contributed by atoms with Crippen molar-refractivity contribution in [3.63, 3.8) is 0 Å². The van der Waals surface area contributed by atoms with Crippen LogP contribution in [0, 0.1) is 12.8 Å². The van der Waals surface area contributed by atoms with Gasteiger partial charge in [-0.3, -0.25) is 4.90 Å². The van der Waals surface area contributed by atoms with Gasteiger partial charge in [-0.25, -0.2) is 0 Å². The highest BCUT2D eigenvalue weighted by Crippen LogP contribution is 2.14. The van der Waals surface area contributed by atoms with Crippen molar-refractivity contribution in [1.29, 1.82) is 0 Å². The van der Waals surface area contributed by atoms with E-state index in [2.05, 4.69) is 55.3 Å². The Kier molecular flexibility index (Phi) is 5.41. The number of nitrogens with one attached hydrogen (secondary N) is 1. The molecule has 2 heteroatoms. The molecule has 1 saturated heterocycles. The summed E-state index contributed by atoms with van der Waals surface area (Å²) in [4.78, 5) is 2.62. The van der Waals surface area contributed by atoms with Gasteiger partial charge in [-0.05, 0) is 49.9 Å². The average molecular weight is 260 g/mol. The van der Waals surface area contributed by atoms with Gasteiger partial charge in [0.2, 0.25) is 0 Å². The summed E-state index contributed by atoms with van der Waals surface area (Å²) in [5, 5.41) is 3.70. The van der Waals surface area contributed by atoms with Crippen molar-refractivity contribution in [3.05, 3.63) is 35.4 Å². The quantitative estimate of drug-likeness (QED) is 0.894. The molecule has 0 aromatic heterocycles. The highest BCUT2D eigenvalue weighted by molar-refractivity contribution is 5.25. The Hall–Kier alpha value is -0.860. The van der Waals surface area contributed by atoms with Crippen molar-refractivity contribution in [2.75, 3.05) is 19.6 Å². The minimum absolute atomic E-state index is 0.659. The molecule has 1 atom stereocenters. The Bertz CT molecular complexity index is 387. The molecule has 0 spiro atoms. The van der Waals surface area contributed by atoms with Crippen molar-refractivity contribution < 1.29 is 0 Å². The second-order valence-electron chi connectivity index (χ2n) is 6.30. The summed E-state index contributed by atoms with van der Waals surface area (Å²) in [6.07, 6.45) is 2.55. The molecule has 1 aromatic carbocycles. The Morgan fingerprint density at radius 3 is 2.84 bits per heavy atom. The van der Waals surface area contributed by atoms with Gasteiger partial charge in [0.1, 0.15) is 0 Å². The van der Waals surface area contributed by atoms with Crippen LogP contribution < -0.4 is 5.32 Å². The molecule has 0 aliphatic carbocycles. The zero-order valence-electron chi connectivity index (χ0n) is 12.7. The lowest BCUT2D eigenvalue weighted by Gasteiger charge is -2.26. The van der Waals surface area contributed by atoms with Gasteiger partial charge in [-0.2, -0.15) is 0 Å². The standard InChI is InChI=1S/C17H28N2/c1-14(2)11-17-13-19(10-6-9-18-17)12-16-8-5-4-7-15(16)3/h4-5,7-8,14,17-18H,6,9-13H2,1-3H3. The Balaban J connectivity index is 1.97. The molecule has 106 valence electrons. The highest BCUT2D eigenvalue weighted by atomic mass is 15.2. The molecule has 19 heavy (non-hydrogen) atoms. The summed E-state index contributed by atoms with van der Waals surface area (Å²) in [6.45, 7) is 11.5. The van der Waals surface area contributed by atoms with Crippen LogP contribution in [-0.4, -0.2) is 30.6 Å². The molecule has 1 fully saturated rings. The third kappa shape index (κ3) is 4.63. The number of benzene rings is 1. The second-order valence-corrected chi connectivity index (χ2v) is 6.30. The molecule has 0 bridgehead atoms. The largest absolute Gasteiger partial charge is 0.313 e. The van der Waals surface area contributed by atoms with E-state index in [4.69, 9.17) is 0 Å². The molecule has 0 saturated carbocycles. The molecule has 1 aliphatic rings. The van der Waals surface area contributed by atoms with Gasteiger partial charge in [-0.1, -0.05) is 38.1 Å². The molecule has 1 aromatic rings. The minimum Gasteiger partial charge on any atom is -0.313 e. The molecule has 1 aliphatic heterocycles. The van der Waals surface area contributed by atoms with Crippen LogP contribution in [0.1, 0.15) is 37.8 Å². The van der Waals surface area contributed by atoms with Crippen LogP contribution in [0.3, 0.4) is 0 Å². The first-order valence-electron chi connectivity index (χ1n) is 7.65. The molecule has 1 N–H and O–H groups in total. The van der Waals surface area contributed by atoms with E-state index in [9.17, 15) is 0 Å². The minimum atomic E-state index is 0.659. The molecule has 2 rings (SSSR count). The first-order valence-corrected chi connectivity index (χ1v) is 7.65. The number of nitrogens with zero attached hydrogens (tertiary/aromatic N) is 1. The average Bonchev–Trinajstić information content (AvgIpc) is 2.57. The van der Waals surface area contributed by atoms with E-state index in [1.807, 2.05) is 0 Å². The predicted octanol–water partition coefficient (Wildman–Crippen LogP) is 3.21. The Morgan fingerprint density at radius 1 is 1.32 bits per heavy atom. The van der Waals surface area contributed by atoms with Crippen LogP contribution in [0.2, 0.25) is 0 Å². The molecule has 1 unspecified atom stereocenters. The monoisotopic (exact) mass is 260 g/mol.